The van der Waals surface area contributed by atoms with Crippen molar-refractivity contribution in [2.24, 2.45) is 0 Å². The predicted molar refractivity (Wildman–Crippen MR) is 130 cm³/mol. The fraction of sp³-hybridized carbons (Fsp3) is 0.636. The van der Waals surface area contributed by atoms with Crippen LogP contribution in [0.15, 0.2) is 30.8 Å². The lowest BCUT2D eigenvalue weighted by Crippen LogP contribution is -2.81. The molecule has 1 rings (SSSR count). The standard InChI is InChI=1S/C22H32F10O2Si3/c1-9-15-18(23,24)19(25,26)20(27,28)21(29,30)22(31,32)37(33-35(3,4)5,34-36(6,7)8)17-14-12-11-13-16(17)10-2/h10-14H,2,9,15H2,1,3-8H3. The van der Waals surface area contributed by atoms with Gasteiger partial charge in [-0.2, -0.15) is 43.9 Å². The average Bonchev–Trinajstić information content (AvgIpc) is 2.70. The van der Waals surface area contributed by atoms with Crippen molar-refractivity contribution in [1.29, 1.82) is 0 Å². The first-order valence-electron chi connectivity index (χ1n) is 11.3. The molecule has 2 nitrogen and oxygen atoms in total. The summed E-state index contributed by atoms with van der Waals surface area (Å²) in [5.41, 5.74) is -6.40. The first-order chi connectivity index (χ1) is 16.3. The van der Waals surface area contributed by atoms with Crippen LogP contribution in [0, 0.1) is 0 Å². The maximum absolute atomic E-state index is 16.2. The minimum absolute atomic E-state index is 0.243. The van der Waals surface area contributed by atoms with Gasteiger partial charge in [-0.1, -0.05) is 50.3 Å². The Morgan fingerprint density at radius 2 is 1.16 bits per heavy atom. The summed E-state index contributed by atoms with van der Waals surface area (Å²) in [7, 11) is -13.1. The van der Waals surface area contributed by atoms with Gasteiger partial charge in [-0.25, -0.2) is 0 Å². The summed E-state index contributed by atoms with van der Waals surface area (Å²) < 4.78 is 161. The van der Waals surface area contributed by atoms with Gasteiger partial charge in [0.25, 0.3) is 0 Å². The van der Waals surface area contributed by atoms with Gasteiger partial charge in [0, 0.05) is 11.6 Å². The van der Waals surface area contributed by atoms with Gasteiger partial charge in [-0.05, 0) is 44.8 Å². The highest BCUT2D eigenvalue weighted by molar-refractivity contribution is 6.96. The van der Waals surface area contributed by atoms with Gasteiger partial charge in [0.05, 0.1) is 0 Å². The van der Waals surface area contributed by atoms with Gasteiger partial charge in [0.15, 0.2) is 16.6 Å². The smallest absolute Gasteiger partial charge is 0.430 e. The average molecular weight is 603 g/mol. The maximum Gasteiger partial charge on any atom is 0.436 e. The summed E-state index contributed by atoms with van der Waals surface area (Å²) in [6.45, 7) is 12.1. The molecule has 1 aromatic rings. The molecule has 1 aromatic carbocycles. The van der Waals surface area contributed by atoms with Crippen LogP contribution < -0.4 is 5.19 Å². The van der Waals surface area contributed by atoms with E-state index in [2.05, 4.69) is 6.58 Å². The molecule has 0 bridgehead atoms. The molecule has 0 unspecified atom stereocenters. The Balaban J connectivity index is 4.21. The molecule has 0 N–H and O–H groups in total. The van der Waals surface area contributed by atoms with Crippen LogP contribution in [-0.4, -0.2) is 54.4 Å². The maximum atomic E-state index is 16.2. The third-order valence-electron chi connectivity index (χ3n) is 5.05. The van der Waals surface area contributed by atoms with E-state index >= 15 is 17.6 Å². The van der Waals surface area contributed by atoms with E-state index in [1.54, 1.807) is 0 Å². The van der Waals surface area contributed by atoms with Crippen LogP contribution in [0.3, 0.4) is 0 Å². The van der Waals surface area contributed by atoms with Crippen molar-refractivity contribution in [2.45, 2.75) is 88.3 Å². The summed E-state index contributed by atoms with van der Waals surface area (Å²) >= 11 is 0. The molecule has 214 valence electrons. The molecule has 0 aliphatic carbocycles. The lowest BCUT2D eigenvalue weighted by Gasteiger charge is -2.49. The molecular weight excluding hydrogens is 570 g/mol. The largest absolute Gasteiger partial charge is 0.436 e. The van der Waals surface area contributed by atoms with Gasteiger partial charge in [0.1, 0.15) is 0 Å². The Morgan fingerprint density at radius 1 is 0.730 bits per heavy atom. The van der Waals surface area contributed by atoms with Crippen LogP contribution in [0.4, 0.5) is 43.9 Å². The van der Waals surface area contributed by atoms with Gasteiger partial charge in [0.2, 0.25) is 0 Å². The van der Waals surface area contributed by atoms with Gasteiger partial charge in [-0.15, -0.1) is 0 Å². The number of hydrogen-bond donors (Lipinski definition) is 0. The molecule has 0 amide bonds. The molecule has 0 spiro atoms. The van der Waals surface area contributed by atoms with E-state index in [0.29, 0.717) is 0 Å². The molecule has 0 aliphatic heterocycles. The first kappa shape index (κ1) is 33.9. The number of rotatable bonds is 13. The van der Waals surface area contributed by atoms with E-state index in [1.807, 2.05) is 0 Å². The SMILES string of the molecule is C=Cc1ccccc1[Si](O[Si](C)(C)C)(O[Si](C)(C)C)C(F)(F)C(F)(F)C(F)(F)C(F)(F)C(F)(F)CCC. The molecule has 0 heterocycles. The van der Waals surface area contributed by atoms with Crippen LogP contribution in [0.2, 0.25) is 39.3 Å². The van der Waals surface area contributed by atoms with E-state index in [0.717, 1.165) is 31.2 Å². The molecule has 0 aliphatic rings. The normalized spacial score (nSPS) is 15.2. The minimum Gasteiger partial charge on any atom is -0.430 e. The molecule has 15 heteroatoms. The quantitative estimate of drug-likeness (QED) is 0.167. The van der Waals surface area contributed by atoms with Crippen LogP contribution in [0.25, 0.3) is 6.08 Å². The Hall–Kier alpha value is -1.17. The minimum atomic E-state index is -7.20. The number of halogens is 10. The summed E-state index contributed by atoms with van der Waals surface area (Å²) in [4.78, 5) is 0. The molecule has 0 atom stereocenters. The summed E-state index contributed by atoms with van der Waals surface area (Å²) in [5.74, 6) is -26.8. The molecule has 0 saturated carbocycles. The van der Waals surface area contributed by atoms with Crippen LogP contribution in [-0.2, 0) is 8.23 Å². The summed E-state index contributed by atoms with van der Waals surface area (Å²) in [6.07, 6.45) is -1.77. The van der Waals surface area contributed by atoms with E-state index in [-0.39, 0.29) is 5.56 Å². The van der Waals surface area contributed by atoms with Crippen molar-refractivity contribution in [3.05, 3.63) is 36.4 Å². The van der Waals surface area contributed by atoms with Crippen molar-refractivity contribution in [3.8, 4) is 0 Å². The first-order valence-corrected chi connectivity index (χ1v) is 19.9. The zero-order chi connectivity index (χ0) is 29.5. The highest BCUT2D eigenvalue weighted by atomic mass is 28.5. The van der Waals surface area contributed by atoms with Crippen molar-refractivity contribution in [3.63, 3.8) is 0 Å². The molecular formula is C22H32F10O2Si3. The summed E-state index contributed by atoms with van der Waals surface area (Å²) in [5, 5.41) is -0.751. The van der Waals surface area contributed by atoms with Crippen molar-refractivity contribution < 1.29 is 52.1 Å². The molecule has 0 saturated heterocycles. The van der Waals surface area contributed by atoms with Crippen LogP contribution in [0.5, 0.6) is 0 Å². The predicted octanol–water partition coefficient (Wildman–Crippen LogP) is 8.20. The molecule has 0 aromatic heterocycles. The highest BCUT2D eigenvalue weighted by Crippen LogP contribution is 2.60. The van der Waals surface area contributed by atoms with E-state index < -0.39 is 72.5 Å². The lowest BCUT2D eigenvalue weighted by atomic mass is 9.96. The third kappa shape index (κ3) is 6.04. The molecule has 0 fully saturated rings. The monoisotopic (exact) mass is 602 g/mol. The lowest BCUT2D eigenvalue weighted by molar-refractivity contribution is -0.393. The Kier molecular flexibility index (Phi) is 9.54. The van der Waals surface area contributed by atoms with Crippen molar-refractivity contribution >= 4 is 36.5 Å². The zero-order valence-corrected chi connectivity index (χ0v) is 24.6. The van der Waals surface area contributed by atoms with Crippen molar-refractivity contribution in [2.75, 3.05) is 0 Å². The second-order valence-corrected chi connectivity index (χ2v) is 23.1. The third-order valence-corrected chi connectivity index (χ3v) is 14.6. The fourth-order valence-electron chi connectivity index (χ4n) is 3.57. The Bertz CT molecular complexity index is 941. The molecule has 0 radical (unpaired) electrons. The fourth-order valence-corrected chi connectivity index (χ4v) is 14.7. The van der Waals surface area contributed by atoms with E-state index in [4.69, 9.17) is 8.23 Å². The van der Waals surface area contributed by atoms with Gasteiger partial charge >= 0.3 is 37.8 Å². The van der Waals surface area contributed by atoms with Gasteiger partial charge in [-0.3, -0.25) is 0 Å². The number of benzene rings is 1. The zero-order valence-electron chi connectivity index (χ0n) is 21.6. The van der Waals surface area contributed by atoms with Gasteiger partial charge < -0.3 is 8.23 Å². The van der Waals surface area contributed by atoms with E-state index in [1.165, 1.54) is 45.3 Å². The number of alkyl halides is 10. The van der Waals surface area contributed by atoms with Crippen LogP contribution in [0.1, 0.15) is 25.3 Å². The Morgan fingerprint density at radius 3 is 1.54 bits per heavy atom. The summed E-state index contributed by atoms with van der Waals surface area (Å²) in [6, 6.07) is 4.48. The molecule has 37 heavy (non-hydrogen) atoms. The Labute approximate surface area is 213 Å². The second-order valence-electron chi connectivity index (χ2n) is 10.6. The second kappa shape index (κ2) is 10.4. The van der Waals surface area contributed by atoms with Crippen molar-refractivity contribution in [1.82, 2.24) is 0 Å². The topological polar surface area (TPSA) is 18.5 Å². The van der Waals surface area contributed by atoms with E-state index in [9.17, 15) is 26.3 Å². The highest BCUT2D eigenvalue weighted by Gasteiger charge is 2.91. The van der Waals surface area contributed by atoms with Crippen LogP contribution >= 0.6 is 0 Å². The number of hydrogen-bond acceptors (Lipinski definition) is 2.